The topological polar surface area (TPSA) is 99.1 Å². The molecule has 0 radical (unpaired) electrons. The highest BCUT2D eigenvalue weighted by Gasteiger charge is 2.57. The van der Waals surface area contributed by atoms with Crippen molar-refractivity contribution in [2.24, 2.45) is 5.41 Å². The summed E-state index contributed by atoms with van der Waals surface area (Å²) < 4.78 is 5.82. The van der Waals surface area contributed by atoms with Crippen LogP contribution in [0.2, 0.25) is 5.02 Å². The number of hydrogen-bond donors (Lipinski definition) is 1. The Balaban J connectivity index is 1.25. The second-order valence-corrected chi connectivity index (χ2v) is 13.8. The molecule has 0 unspecified atom stereocenters. The molecule has 4 aliphatic rings. The molecule has 1 aromatic carbocycles. The fourth-order valence-electron chi connectivity index (χ4n) is 6.94. The van der Waals surface area contributed by atoms with Gasteiger partial charge in [0.15, 0.2) is 0 Å². The van der Waals surface area contributed by atoms with Gasteiger partial charge in [0.1, 0.15) is 17.7 Å². The highest BCUT2D eigenvalue weighted by atomic mass is 35.5. The first kappa shape index (κ1) is 28.2. The van der Waals surface area contributed by atoms with Crippen molar-refractivity contribution < 1.29 is 19.4 Å². The molecule has 2 amide bonds. The molecule has 4 atom stereocenters. The van der Waals surface area contributed by atoms with E-state index < -0.39 is 17.6 Å². The van der Waals surface area contributed by atoms with Crippen molar-refractivity contribution in [1.82, 2.24) is 19.8 Å². The summed E-state index contributed by atoms with van der Waals surface area (Å²) >= 11 is 6.23. The minimum Gasteiger partial charge on any atom is -0.444 e. The molecule has 1 N–H and O–H groups in total. The molecule has 2 aliphatic carbocycles. The van der Waals surface area contributed by atoms with Gasteiger partial charge >= 0.3 is 6.09 Å². The highest BCUT2D eigenvalue weighted by molar-refractivity contribution is 6.30. The van der Waals surface area contributed by atoms with Gasteiger partial charge in [-0.05, 0) is 75.5 Å². The van der Waals surface area contributed by atoms with Crippen LogP contribution in [0.5, 0.6) is 0 Å². The fraction of sp³-hybridized carbons (Fsp3) is 0.613. The van der Waals surface area contributed by atoms with Crippen LogP contribution in [0.15, 0.2) is 30.6 Å². The average Bonchev–Trinajstić information content (AvgIpc) is 3.48. The summed E-state index contributed by atoms with van der Waals surface area (Å²) in [5.74, 6) is 0.564. The predicted octanol–water partition coefficient (Wildman–Crippen LogP) is 4.89. The average molecular weight is 582 g/mol. The molecule has 10 heteroatoms. The van der Waals surface area contributed by atoms with Crippen molar-refractivity contribution in [2.45, 2.75) is 83.0 Å². The number of ether oxygens (including phenoxy) is 1. The maximum Gasteiger partial charge on any atom is 0.410 e. The third-order valence-corrected chi connectivity index (χ3v) is 9.44. The number of carbonyl (C=O) groups is 2. The van der Waals surface area contributed by atoms with Crippen molar-refractivity contribution in [3.8, 4) is 0 Å². The van der Waals surface area contributed by atoms with E-state index in [1.54, 1.807) is 0 Å². The highest BCUT2D eigenvalue weighted by Crippen LogP contribution is 2.57. The number of carbonyl (C=O) groups excluding carboxylic acids is 2. The standard InChI is InChI=1S/C31H40ClN5O4/c1-19-15-23(38)26-24(19)27(34-18-33-26)35-11-13-36(14-12-35)28(39)25(20-5-7-21(32)8-6-20)22-16-31(9-10-31)17-37(22)29(40)41-30(2,3)4/h5-8,18-19,22-23,25,38H,9-17H2,1-4H3/t19-,22+,23-,25+/m1/s1. The number of fused-ring (bicyclic) bond motifs is 1. The number of nitrogens with zero attached hydrogens (tertiary/aromatic N) is 5. The Morgan fingerprint density at radius 1 is 1.10 bits per heavy atom. The van der Waals surface area contributed by atoms with Gasteiger partial charge in [-0.15, -0.1) is 0 Å². The number of piperazine rings is 1. The van der Waals surface area contributed by atoms with Crippen LogP contribution >= 0.6 is 11.6 Å². The van der Waals surface area contributed by atoms with E-state index >= 15 is 0 Å². The first-order valence-corrected chi connectivity index (χ1v) is 15.1. The summed E-state index contributed by atoms with van der Waals surface area (Å²) in [4.78, 5) is 42.8. The van der Waals surface area contributed by atoms with Crippen LogP contribution in [-0.2, 0) is 9.53 Å². The molecule has 9 nitrogen and oxygen atoms in total. The third-order valence-electron chi connectivity index (χ3n) is 9.18. The van der Waals surface area contributed by atoms with E-state index in [0.717, 1.165) is 41.9 Å². The number of likely N-dealkylation sites (tertiary alicyclic amines) is 1. The number of amides is 2. The van der Waals surface area contributed by atoms with Gasteiger partial charge < -0.3 is 24.5 Å². The SMILES string of the molecule is C[C@@H]1C[C@@H](O)c2ncnc(N3CCN(C(=O)[C@@H](c4ccc(Cl)cc4)[C@@H]4CC5(CC5)CN4C(=O)OC(C)(C)C)CC3)c21. The van der Waals surface area contributed by atoms with Gasteiger partial charge in [0.05, 0.1) is 23.8 Å². The van der Waals surface area contributed by atoms with Gasteiger partial charge in [-0.25, -0.2) is 14.8 Å². The van der Waals surface area contributed by atoms with Crippen LogP contribution in [0, 0.1) is 5.41 Å². The number of anilines is 1. The first-order chi connectivity index (χ1) is 19.4. The lowest BCUT2D eigenvalue weighted by molar-refractivity contribution is -0.134. The molecule has 1 aromatic heterocycles. The van der Waals surface area contributed by atoms with Gasteiger partial charge in [-0.3, -0.25) is 4.79 Å². The van der Waals surface area contributed by atoms with Crippen molar-refractivity contribution in [1.29, 1.82) is 0 Å². The summed E-state index contributed by atoms with van der Waals surface area (Å²) in [5.41, 5.74) is 2.08. The number of aliphatic hydroxyl groups is 1. The van der Waals surface area contributed by atoms with Crippen molar-refractivity contribution >= 4 is 29.4 Å². The van der Waals surface area contributed by atoms with E-state index in [9.17, 15) is 14.7 Å². The van der Waals surface area contributed by atoms with E-state index in [1.165, 1.54) is 6.33 Å². The Labute approximate surface area is 246 Å². The molecule has 1 saturated carbocycles. The molecule has 3 fully saturated rings. The summed E-state index contributed by atoms with van der Waals surface area (Å²) in [5, 5.41) is 11.0. The molecule has 2 aromatic rings. The number of hydrogen-bond acceptors (Lipinski definition) is 7. The zero-order valence-electron chi connectivity index (χ0n) is 24.3. The molecular formula is C31H40ClN5O4. The van der Waals surface area contributed by atoms with Crippen LogP contribution in [0.4, 0.5) is 10.6 Å². The molecule has 41 heavy (non-hydrogen) atoms. The third kappa shape index (κ3) is 5.50. The molecule has 1 spiro atoms. The van der Waals surface area contributed by atoms with Gasteiger partial charge in [-0.1, -0.05) is 30.7 Å². The fourth-order valence-corrected chi connectivity index (χ4v) is 7.07. The quantitative estimate of drug-likeness (QED) is 0.549. The number of halogens is 1. The predicted molar refractivity (Wildman–Crippen MR) is 156 cm³/mol. The zero-order valence-corrected chi connectivity index (χ0v) is 25.1. The maximum atomic E-state index is 14.4. The second kappa shape index (κ2) is 10.4. The largest absolute Gasteiger partial charge is 0.444 e. The minimum absolute atomic E-state index is 0.0277. The molecule has 0 bridgehead atoms. The summed E-state index contributed by atoms with van der Waals surface area (Å²) in [6.45, 7) is 10.7. The molecule has 2 aliphatic heterocycles. The number of aliphatic hydroxyl groups excluding tert-OH is 1. The van der Waals surface area contributed by atoms with Crippen molar-refractivity contribution in [3.63, 3.8) is 0 Å². The van der Waals surface area contributed by atoms with E-state index in [4.69, 9.17) is 16.3 Å². The second-order valence-electron chi connectivity index (χ2n) is 13.4. The van der Waals surface area contributed by atoms with E-state index in [0.29, 0.717) is 44.2 Å². The summed E-state index contributed by atoms with van der Waals surface area (Å²) in [6, 6.07) is 7.19. The van der Waals surface area contributed by atoms with Gasteiger partial charge in [0.25, 0.3) is 0 Å². The number of rotatable bonds is 4. The monoisotopic (exact) mass is 581 g/mol. The molecule has 2 saturated heterocycles. The molecule has 3 heterocycles. The van der Waals surface area contributed by atoms with E-state index in [2.05, 4.69) is 21.8 Å². The summed E-state index contributed by atoms with van der Waals surface area (Å²) in [6.07, 6.45) is 4.20. The van der Waals surface area contributed by atoms with E-state index in [1.807, 2.05) is 54.8 Å². The van der Waals surface area contributed by atoms with Crippen LogP contribution in [0.3, 0.4) is 0 Å². The lowest BCUT2D eigenvalue weighted by atomic mass is 9.86. The van der Waals surface area contributed by atoms with Crippen molar-refractivity contribution in [3.05, 3.63) is 52.4 Å². The lowest BCUT2D eigenvalue weighted by Gasteiger charge is -2.40. The van der Waals surface area contributed by atoms with Crippen LogP contribution in [0.1, 0.15) is 88.1 Å². The maximum absolute atomic E-state index is 14.4. The number of benzene rings is 1. The lowest BCUT2D eigenvalue weighted by Crippen LogP contribution is -2.53. The Morgan fingerprint density at radius 2 is 1.78 bits per heavy atom. The molecule has 220 valence electrons. The molecular weight excluding hydrogens is 542 g/mol. The van der Waals surface area contributed by atoms with Crippen LogP contribution in [-0.4, -0.2) is 81.2 Å². The Hall–Kier alpha value is -2.91. The Kier molecular flexibility index (Phi) is 7.17. The van der Waals surface area contributed by atoms with E-state index in [-0.39, 0.29) is 29.4 Å². The first-order valence-electron chi connectivity index (χ1n) is 14.8. The number of aromatic nitrogens is 2. The van der Waals surface area contributed by atoms with Gasteiger partial charge in [0.2, 0.25) is 5.91 Å². The van der Waals surface area contributed by atoms with Crippen molar-refractivity contribution in [2.75, 3.05) is 37.6 Å². The Bertz CT molecular complexity index is 1320. The zero-order chi connectivity index (χ0) is 29.1. The van der Waals surface area contributed by atoms with Gasteiger partial charge in [0, 0.05) is 43.3 Å². The summed E-state index contributed by atoms with van der Waals surface area (Å²) in [7, 11) is 0. The van der Waals surface area contributed by atoms with Gasteiger partial charge in [-0.2, -0.15) is 0 Å². The van der Waals surface area contributed by atoms with Crippen LogP contribution < -0.4 is 4.90 Å². The Morgan fingerprint density at radius 3 is 2.41 bits per heavy atom. The normalized spacial score (nSPS) is 25.8. The smallest absolute Gasteiger partial charge is 0.410 e. The molecule has 6 rings (SSSR count). The minimum atomic E-state index is -0.619. The van der Waals surface area contributed by atoms with Crippen LogP contribution in [0.25, 0.3) is 0 Å².